The molecule has 1 aliphatic carbocycles. The molecule has 1 aromatic carbocycles. The largest absolute Gasteiger partial charge is 0.497 e. The van der Waals surface area contributed by atoms with Crippen molar-refractivity contribution in [3.05, 3.63) is 23.8 Å². The van der Waals surface area contributed by atoms with E-state index < -0.39 is 18.1 Å². The Morgan fingerprint density at radius 2 is 2.04 bits per heavy atom. The zero-order valence-electron chi connectivity index (χ0n) is 15.5. The summed E-state index contributed by atoms with van der Waals surface area (Å²) in [6, 6.07) is 4.95. The number of hydrogen-bond donors (Lipinski definition) is 3. The van der Waals surface area contributed by atoms with Crippen molar-refractivity contribution in [2.75, 3.05) is 14.2 Å². The molecule has 26 heavy (non-hydrogen) atoms. The van der Waals surface area contributed by atoms with Crippen LogP contribution in [-0.4, -0.2) is 37.4 Å². The van der Waals surface area contributed by atoms with Crippen LogP contribution in [0.25, 0.3) is 0 Å². The van der Waals surface area contributed by atoms with Gasteiger partial charge < -0.3 is 20.3 Å². The van der Waals surface area contributed by atoms with Gasteiger partial charge in [-0.05, 0) is 30.5 Å². The molecule has 0 saturated heterocycles. The number of aliphatic hydroxyl groups excluding tert-OH is 1. The first-order valence-electron chi connectivity index (χ1n) is 9.07. The lowest BCUT2D eigenvalue weighted by molar-refractivity contribution is -0.714. The van der Waals surface area contributed by atoms with E-state index in [0.29, 0.717) is 29.7 Å². The van der Waals surface area contributed by atoms with Crippen LogP contribution < -0.4 is 20.0 Å². The second kappa shape index (κ2) is 10.6. The van der Waals surface area contributed by atoms with Crippen molar-refractivity contribution in [2.24, 2.45) is 11.7 Å². The lowest BCUT2D eigenvalue weighted by Gasteiger charge is -2.25. The van der Waals surface area contributed by atoms with Crippen molar-refractivity contribution in [2.45, 2.75) is 56.6 Å². The third kappa shape index (κ3) is 6.04. The van der Waals surface area contributed by atoms with Crippen LogP contribution in [0.4, 0.5) is 0 Å². The molecular formula is C19H30ClN2O4+. The monoisotopic (exact) mass is 385 g/mol. The molecule has 1 unspecified atom stereocenters. The molecule has 0 bridgehead atoms. The molecule has 1 aliphatic rings. The van der Waals surface area contributed by atoms with E-state index in [1.807, 2.05) is 18.2 Å². The maximum atomic E-state index is 12.2. The number of nitrogens with two attached hydrogens (primary N) is 1. The predicted octanol–water partition coefficient (Wildman–Crippen LogP) is 1.98. The van der Waals surface area contributed by atoms with Crippen LogP contribution in [0, 0.1) is 16.9 Å². The van der Waals surface area contributed by atoms with E-state index in [2.05, 4.69) is 4.84 Å². The van der Waals surface area contributed by atoms with E-state index in [9.17, 15) is 9.90 Å². The average molecular weight is 386 g/mol. The number of amides is 1. The van der Waals surface area contributed by atoms with E-state index >= 15 is 0 Å². The highest BCUT2D eigenvalue weighted by Crippen LogP contribution is 2.27. The molecule has 4 N–H and O–H groups in total. The number of ether oxygens (including phenoxy) is 2. The smallest absolute Gasteiger partial charge is 0.300 e. The molecule has 2 rings (SSSR count). The summed E-state index contributed by atoms with van der Waals surface area (Å²) in [5.41, 5.74) is 6.93. The minimum Gasteiger partial charge on any atom is -0.497 e. The van der Waals surface area contributed by atoms with Gasteiger partial charge in [-0.2, -0.15) is 0 Å². The molecule has 7 heteroatoms. The molecular weight excluding hydrogens is 356 g/mol. The first-order valence-corrected chi connectivity index (χ1v) is 9.99. The fourth-order valence-corrected chi connectivity index (χ4v) is 4.01. The number of alkyl halides is 1. The topological polar surface area (TPSA) is 93.8 Å². The van der Waals surface area contributed by atoms with Gasteiger partial charge in [-0.1, -0.05) is 32.1 Å². The standard InChI is InChI=1S/C19H29ClN2O4/c1-25-15-8-9-17(26-2)14(11-15)12-20-22-19(24)18(23)16(21)10-13-6-4-3-5-7-13/h8-9,11,13,16,18,23H,3-7,10,12,21H2,1-2H3/p+1/t16-,18?/m1/s1. The third-order valence-electron chi connectivity index (χ3n) is 4.86. The molecule has 0 radical (unpaired) electrons. The van der Waals surface area contributed by atoms with Gasteiger partial charge in [0.25, 0.3) is 16.9 Å². The SMILES string of the molecule is COc1ccc(OC)c(C[Cl+]NC(=O)C(O)[C@H](N)CC2CCCCC2)c1. The number of rotatable bonds is 9. The molecule has 1 saturated carbocycles. The normalized spacial score (nSPS) is 17.4. The molecule has 0 aliphatic heterocycles. The van der Waals surface area contributed by atoms with Crippen LogP contribution in [-0.2, 0) is 10.7 Å². The second-order valence-electron chi connectivity index (χ2n) is 6.75. The van der Waals surface area contributed by atoms with Gasteiger partial charge in [0.05, 0.1) is 19.8 Å². The molecule has 0 spiro atoms. The number of hydrogen-bond acceptors (Lipinski definition) is 5. The van der Waals surface area contributed by atoms with Crippen LogP contribution in [0.5, 0.6) is 11.5 Å². The molecule has 0 aromatic heterocycles. The Morgan fingerprint density at radius 3 is 2.69 bits per heavy atom. The number of carbonyl (C=O) groups excluding carboxylic acids is 1. The maximum Gasteiger partial charge on any atom is 0.300 e. The maximum absolute atomic E-state index is 12.2. The van der Waals surface area contributed by atoms with E-state index in [1.165, 1.54) is 19.3 Å². The summed E-state index contributed by atoms with van der Waals surface area (Å²) >= 11 is 0. The zero-order valence-corrected chi connectivity index (χ0v) is 16.3. The molecule has 1 amide bonds. The summed E-state index contributed by atoms with van der Waals surface area (Å²) in [4.78, 5) is 14.8. The average Bonchev–Trinajstić information content (AvgIpc) is 2.67. The molecule has 1 fully saturated rings. The van der Waals surface area contributed by atoms with E-state index in [-0.39, 0.29) is 0 Å². The summed E-state index contributed by atoms with van der Waals surface area (Å²) in [7, 11) is 4.93. The minimum atomic E-state index is -1.20. The number of methoxy groups -OCH3 is 2. The van der Waals surface area contributed by atoms with Gasteiger partial charge in [0, 0.05) is 6.04 Å². The van der Waals surface area contributed by atoms with Crippen LogP contribution in [0.2, 0.25) is 0 Å². The summed E-state index contributed by atoms with van der Waals surface area (Å²) < 4.78 is 10.5. The summed E-state index contributed by atoms with van der Waals surface area (Å²) in [6.07, 6.45) is 5.49. The van der Waals surface area contributed by atoms with Gasteiger partial charge in [-0.3, -0.25) is 4.79 Å². The fourth-order valence-electron chi connectivity index (χ4n) is 3.34. The summed E-state index contributed by atoms with van der Waals surface area (Å²) in [5, 5.41) is 10.2. The predicted molar refractivity (Wildman–Crippen MR) is 96.6 cm³/mol. The molecule has 0 heterocycles. The number of nitrogens with one attached hydrogen (secondary N) is 1. The molecule has 1 aromatic rings. The highest BCUT2D eigenvalue weighted by molar-refractivity contribution is 5.79. The van der Waals surface area contributed by atoms with Crippen molar-refractivity contribution >= 4 is 5.91 Å². The molecule has 2 atom stereocenters. The first-order chi connectivity index (χ1) is 12.5. The fraction of sp³-hybridized carbons (Fsp3) is 0.632. The van der Waals surface area contributed by atoms with Gasteiger partial charge in [-0.25, -0.2) is 0 Å². The van der Waals surface area contributed by atoms with Crippen LogP contribution >= 0.6 is 0 Å². The quantitative estimate of drug-likeness (QED) is 0.446. The van der Waals surface area contributed by atoms with Crippen LogP contribution in [0.1, 0.15) is 44.1 Å². The van der Waals surface area contributed by atoms with Gasteiger partial charge >= 0.3 is 0 Å². The lowest BCUT2D eigenvalue weighted by atomic mass is 9.84. The molecule has 6 nitrogen and oxygen atoms in total. The van der Waals surface area contributed by atoms with Crippen molar-refractivity contribution in [3.63, 3.8) is 0 Å². The van der Waals surface area contributed by atoms with Crippen molar-refractivity contribution < 1.29 is 30.3 Å². The zero-order chi connectivity index (χ0) is 18.9. The number of aliphatic hydroxyl groups is 1. The Balaban J connectivity index is 1.80. The van der Waals surface area contributed by atoms with Crippen LogP contribution in [0.15, 0.2) is 18.2 Å². The van der Waals surface area contributed by atoms with Crippen molar-refractivity contribution in [1.82, 2.24) is 4.84 Å². The first kappa shape index (κ1) is 20.8. The number of carbonyl (C=O) groups is 1. The molecule has 146 valence electrons. The number of halogens is 1. The van der Waals surface area contributed by atoms with Gasteiger partial charge in [0.15, 0.2) is 6.10 Å². The highest BCUT2D eigenvalue weighted by atomic mass is 35.5. The van der Waals surface area contributed by atoms with Gasteiger partial charge in [0.1, 0.15) is 11.5 Å². The van der Waals surface area contributed by atoms with Gasteiger partial charge in [-0.15, -0.1) is 4.84 Å². The van der Waals surface area contributed by atoms with E-state index in [1.54, 1.807) is 25.2 Å². The van der Waals surface area contributed by atoms with Crippen molar-refractivity contribution in [1.29, 1.82) is 0 Å². The second-order valence-corrected chi connectivity index (χ2v) is 7.48. The Bertz CT molecular complexity index is 579. The third-order valence-corrected chi connectivity index (χ3v) is 5.60. The Hall–Kier alpha value is -1.50. The van der Waals surface area contributed by atoms with Gasteiger partial charge in [0.2, 0.25) is 5.88 Å². The highest BCUT2D eigenvalue weighted by Gasteiger charge is 2.29. The summed E-state index contributed by atoms with van der Waals surface area (Å²) in [6.45, 7) is 0. The number of benzene rings is 1. The minimum absolute atomic E-state index is 0.441. The Morgan fingerprint density at radius 1 is 1.31 bits per heavy atom. The van der Waals surface area contributed by atoms with Crippen molar-refractivity contribution in [3.8, 4) is 11.5 Å². The van der Waals surface area contributed by atoms with Crippen LogP contribution in [0.3, 0.4) is 0 Å². The lowest BCUT2D eigenvalue weighted by Crippen LogP contribution is -2.47. The Kier molecular flexibility index (Phi) is 8.48. The van der Waals surface area contributed by atoms with E-state index in [0.717, 1.165) is 18.4 Å². The van der Waals surface area contributed by atoms with E-state index in [4.69, 9.17) is 15.2 Å². The Labute approximate surface area is 159 Å². The summed E-state index contributed by atoms with van der Waals surface area (Å²) in [5.74, 6) is 1.92.